The SMILES string of the molecule is C[C@](N)(O)c1ccc(Cl)c(Cl)c1. The van der Waals surface area contributed by atoms with Gasteiger partial charge < -0.3 is 10.8 Å². The Hall–Kier alpha value is -0.280. The zero-order chi connectivity index (χ0) is 9.35. The van der Waals surface area contributed by atoms with Gasteiger partial charge >= 0.3 is 0 Å². The van der Waals surface area contributed by atoms with E-state index < -0.39 is 5.72 Å². The molecule has 0 radical (unpaired) electrons. The lowest BCUT2D eigenvalue weighted by molar-refractivity contribution is 0.0647. The van der Waals surface area contributed by atoms with Crippen LogP contribution in [0.15, 0.2) is 18.2 Å². The fraction of sp³-hybridized carbons (Fsp3) is 0.250. The maximum Gasteiger partial charge on any atom is 0.136 e. The molecule has 0 unspecified atom stereocenters. The fourth-order valence-electron chi connectivity index (χ4n) is 0.811. The highest BCUT2D eigenvalue weighted by Gasteiger charge is 2.16. The molecule has 2 nitrogen and oxygen atoms in total. The first-order valence-electron chi connectivity index (χ1n) is 3.38. The zero-order valence-electron chi connectivity index (χ0n) is 6.51. The Morgan fingerprint density at radius 3 is 2.33 bits per heavy atom. The highest BCUT2D eigenvalue weighted by Crippen LogP contribution is 2.25. The van der Waals surface area contributed by atoms with Crippen LogP contribution in [0.3, 0.4) is 0 Å². The molecule has 3 N–H and O–H groups in total. The summed E-state index contributed by atoms with van der Waals surface area (Å²) in [6, 6.07) is 4.78. The summed E-state index contributed by atoms with van der Waals surface area (Å²) >= 11 is 11.4. The third-order valence-corrected chi connectivity index (χ3v) is 2.24. The first-order chi connectivity index (χ1) is 5.41. The highest BCUT2D eigenvalue weighted by molar-refractivity contribution is 6.42. The van der Waals surface area contributed by atoms with Gasteiger partial charge in [-0.1, -0.05) is 29.3 Å². The van der Waals surface area contributed by atoms with Gasteiger partial charge in [-0.05, 0) is 24.6 Å². The average molecular weight is 206 g/mol. The van der Waals surface area contributed by atoms with E-state index in [4.69, 9.17) is 28.9 Å². The van der Waals surface area contributed by atoms with Crippen LogP contribution in [0.1, 0.15) is 12.5 Å². The summed E-state index contributed by atoms with van der Waals surface area (Å²) in [5.41, 5.74) is 4.60. The minimum absolute atomic E-state index is 0.389. The van der Waals surface area contributed by atoms with Gasteiger partial charge in [0, 0.05) is 0 Å². The Balaban J connectivity index is 3.14. The van der Waals surface area contributed by atoms with E-state index in [1.54, 1.807) is 18.2 Å². The molecule has 1 rings (SSSR count). The molecule has 0 bridgehead atoms. The van der Waals surface area contributed by atoms with Crippen LogP contribution in [-0.2, 0) is 5.72 Å². The maximum atomic E-state index is 9.38. The van der Waals surface area contributed by atoms with Gasteiger partial charge in [0.2, 0.25) is 0 Å². The molecule has 66 valence electrons. The van der Waals surface area contributed by atoms with Crippen LogP contribution < -0.4 is 5.73 Å². The Kier molecular flexibility index (Phi) is 2.64. The molecule has 0 saturated carbocycles. The van der Waals surface area contributed by atoms with Crippen LogP contribution in [-0.4, -0.2) is 5.11 Å². The van der Waals surface area contributed by atoms with Crippen molar-refractivity contribution in [1.29, 1.82) is 0 Å². The Morgan fingerprint density at radius 2 is 1.92 bits per heavy atom. The minimum Gasteiger partial charge on any atom is -0.372 e. The van der Waals surface area contributed by atoms with Crippen molar-refractivity contribution in [3.63, 3.8) is 0 Å². The van der Waals surface area contributed by atoms with Crippen molar-refractivity contribution in [2.75, 3.05) is 0 Å². The molecule has 0 aromatic heterocycles. The molecule has 0 saturated heterocycles. The molecule has 1 aromatic carbocycles. The maximum absolute atomic E-state index is 9.38. The zero-order valence-corrected chi connectivity index (χ0v) is 8.02. The highest BCUT2D eigenvalue weighted by atomic mass is 35.5. The number of rotatable bonds is 1. The van der Waals surface area contributed by atoms with Gasteiger partial charge in [-0.25, -0.2) is 0 Å². The van der Waals surface area contributed by atoms with Gasteiger partial charge in [0.1, 0.15) is 5.72 Å². The Labute approximate surface area is 80.9 Å². The summed E-state index contributed by atoms with van der Waals surface area (Å²) in [4.78, 5) is 0. The van der Waals surface area contributed by atoms with Crippen molar-refractivity contribution >= 4 is 23.2 Å². The summed E-state index contributed by atoms with van der Waals surface area (Å²) in [6.07, 6.45) is 0. The minimum atomic E-state index is -1.37. The molecule has 0 fully saturated rings. The second-order valence-electron chi connectivity index (χ2n) is 2.78. The topological polar surface area (TPSA) is 46.2 Å². The van der Waals surface area contributed by atoms with E-state index >= 15 is 0 Å². The second kappa shape index (κ2) is 3.23. The summed E-state index contributed by atoms with van der Waals surface area (Å²) in [6.45, 7) is 1.48. The van der Waals surface area contributed by atoms with Crippen LogP contribution in [0.2, 0.25) is 10.0 Å². The lowest BCUT2D eigenvalue weighted by Gasteiger charge is -2.17. The molecule has 0 aliphatic heterocycles. The van der Waals surface area contributed by atoms with Gasteiger partial charge in [-0.2, -0.15) is 0 Å². The van der Waals surface area contributed by atoms with Crippen LogP contribution in [0.4, 0.5) is 0 Å². The van der Waals surface area contributed by atoms with Gasteiger partial charge in [-0.15, -0.1) is 0 Å². The number of hydrogen-bond donors (Lipinski definition) is 2. The molecule has 0 amide bonds. The van der Waals surface area contributed by atoms with Crippen molar-refractivity contribution in [2.24, 2.45) is 5.73 Å². The smallest absolute Gasteiger partial charge is 0.136 e. The lowest BCUT2D eigenvalue weighted by atomic mass is 10.1. The van der Waals surface area contributed by atoms with E-state index in [9.17, 15) is 5.11 Å². The van der Waals surface area contributed by atoms with Crippen molar-refractivity contribution in [1.82, 2.24) is 0 Å². The number of hydrogen-bond acceptors (Lipinski definition) is 2. The number of benzene rings is 1. The molecule has 0 aliphatic rings. The predicted octanol–water partition coefficient (Wildman–Crippen LogP) is 2.12. The van der Waals surface area contributed by atoms with E-state index in [0.717, 1.165) is 0 Å². The molecular weight excluding hydrogens is 197 g/mol. The molecule has 12 heavy (non-hydrogen) atoms. The van der Waals surface area contributed by atoms with Crippen LogP contribution >= 0.6 is 23.2 Å². The van der Waals surface area contributed by atoms with E-state index in [-0.39, 0.29) is 0 Å². The molecule has 0 aliphatic carbocycles. The standard InChI is InChI=1S/C8H9Cl2NO/c1-8(11,12)5-2-3-6(9)7(10)4-5/h2-4,12H,11H2,1H3/t8-/m0/s1. The first kappa shape index (κ1) is 9.81. The van der Waals surface area contributed by atoms with Crippen molar-refractivity contribution in [3.05, 3.63) is 33.8 Å². The number of nitrogens with two attached hydrogens (primary N) is 1. The number of aliphatic hydroxyl groups is 1. The molecule has 1 atom stereocenters. The molecule has 4 heteroatoms. The third kappa shape index (κ3) is 2.11. The quantitative estimate of drug-likeness (QED) is 0.691. The van der Waals surface area contributed by atoms with Crippen molar-refractivity contribution in [2.45, 2.75) is 12.6 Å². The van der Waals surface area contributed by atoms with Gasteiger partial charge in [-0.3, -0.25) is 0 Å². The summed E-state index contributed by atoms with van der Waals surface area (Å²) in [7, 11) is 0. The third-order valence-electron chi connectivity index (χ3n) is 1.50. The summed E-state index contributed by atoms with van der Waals surface area (Å²) < 4.78 is 0. The van der Waals surface area contributed by atoms with Crippen LogP contribution in [0, 0.1) is 0 Å². The van der Waals surface area contributed by atoms with Crippen molar-refractivity contribution < 1.29 is 5.11 Å². The molecule has 0 spiro atoms. The monoisotopic (exact) mass is 205 g/mol. The second-order valence-corrected chi connectivity index (χ2v) is 3.59. The van der Waals surface area contributed by atoms with Gasteiger partial charge in [0.25, 0.3) is 0 Å². The molecule has 0 heterocycles. The van der Waals surface area contributed by atoms with Crippen molar-refractivity contribution in [3.8, 4) is 0 Å². The van der Waals surface area contributed by atoms with E-state index in [1.165, 1.54) is 6.92 Å². The largest absolute Gasteiger partial charge is 0.372 e. The van der Waals surface area contributed by atoms with Crippen LogP contribution in [0.5, 0.6) is 0 Å². The van der Waals surface area contributed by atoms with E-state index in [2.05, 4.69) is 0 Å². The summed E-state index contributed by atoms with van der Waals surface area (Å²) in [5, 5.41) is 10.2. The normalized spacial score (nSPS) is 15.8. The first-order valence-corrected chi connectivity index (χ1v) is 4.13. The van der Waals surface area contributed by atoms with Gasteiger partial charge in [0.05, 0.1) is 10.0 Å². The Bertz CT molecular complexity index is 294. The van der Waals surface area contributed by atoms with Crippen LogP contribution in [0.25, 0.3) is 0 Å². The van der Waals surface area contributed by atoms with Gasteiger partial charge in [0.15, 0.2) is 0 Å². The van der Waals surface area contributed by atoms with E-state index in [0.29, 0.717) is 15.6 Å². The Morgan fingerprint density at radius 1 is 1.33 bits per heavy atom. The van der Waals surface area contributed by atoms with E-state index in [1.807, 2.05) is 0 Å². The molecular formula is C8H9Cl2NO. The fourth-order valence-corrected chi connectivity index (χ4v) is 1.11. The molecule has 1 aromatic rings. The summed E-state index contributed by atoms with van der Waals surface area (Å²) in [5.74, 6) is 0. The lowest BCUT2D eigenvalue weighted by Crippen LogP contribution is -2.32. The average Bonchev–Trinajstić information content (AvgIpc) is 1.92. The number of halogens is 2. The predicted molar refractivity (Wildman–Crippen MR) is 50.2 cm³/mol.